The van der Waals surface area contributed by atoms with Gasteiger partial charge in [0.25, 0.3) is 5.56 Å². The highest BCUT2D eigenvalue weighted by Crippen LogP contribution is 2.16. The van der Waals surface area contributed by atoms with Crippen molar-refractivity contribution in [2.24, 2.45) is 5.10 Å². The summed E-state index contributed by atoms with van der Waals surface area (Å²) in [6, 6.07) is 6.03. The van der Waals surface area contributed by atoms with Crippen molar-refractivity contribution < 1.29 is 0 Å². The van der Waals surface area contributed by atoms with Gasteiger partial charge in [-0.25, -0.2) is 4.98 Å². The number of thiophene rings is 1. The van der Waals surface area contributed by atoms with Crippen LogP contribution in [-0.2, 0) is 0 Å². The quantitative estimate of drug-likeness (QED) is 0.679. The normalized spacial score (nSPS) is 11.6. The number of fused-ring (bicyclic) bond motifs is 1. The van der Waals surface area contributed by atoms with Crippen LogP contribution in [0.4, 0.5) is 0 Å². The third-order valence-electron chi connectivity index (χ3n) is 3.68. The van der Waals surface area contributed by atoms with E-state index in [1.165, 1.54) is 21.6 Å². The van der Waals surface area contributed by atoms with Gasteiger partial charge in [-0.05, 0) is 50.3 Å². The van der Waals surface area contributed by atoms with Gasteiger partial charge < -0.3 is 0 Å². The number of aromatic nitrogens is 2. The van der Waals surface area contributed by atoms with E-state index in [-0.39, 0.29) is 5.56 Å². The predicted molar refractivity (Wildman–Crippen MR) is 92.3 cm³/mol. The van der Waals surface area contributed by atoms with Gasteiger partial charge >= 0.3 is 0 Å². The maximum atomic E-state index is 12.5. The molecule has 0 aliphatic carbocycles. The van der Waals surface area contributed by atoms with Gasteiger partial charge in [-0.1, -0.05) is 17.7 Å². The van der Waals surface area contributed by atoms with E-state index in [4.69, 9.17) is 0 Å². The number of benzene rings is 1. The molecule has 0 saturated heterocycles. The highest BCUT2D eigenvalue weighted by atomic mass is 32.1. The Hall–Kier alpha value is -2.27. The first kappa shape index (κ1) is 14.7. The molecule has 5 heteroatoms. The number of hydrogen-bond donors (Lipinski definition) is 0. The highest BCUT2D eigenvalue weighted by Gasteiger charge is 2.08. The first-order valence-electron chi connectivity index (χ1n) is 7.06. The van der Waals surface area contributed by atoms with E-state index in [9.17, 15) is 4.79 Å². The average Bonchev–Trinajstić information content (AvgIpc) is 2.89. The summed E-state index contributed by atoms with van der Waals surface area (Å²) in [6.45, 7) is 7.98. The molecule has 0 saturated carbocycles. The summed E-state index contributed by atoms with van der Waals surface area (Å²) in [7, 11) is 0. The van der Waals surface area contributed by atoms with Crippen LogP contribution in [0.3, 0.4) is 0 Å². The molecule has 0 bridgehead atoms. The van der Waals surface area contributed by atoms with Crippen molar-refractivity contribution in [3.63, 3.8) is 0 Å². The Labute approximate surface area is 132 Å². The summed E-state index contributed by atoms with van der Waals surface area (Å²) in [6.07, 6.45) is 1.75. The summed E-state index contributed by atoms with van der Waals surface area (Å²) in [4.78, 5) is 17.7. The van der Waals surface area contributed by atoms with Gasteiger partial charge in [0.05, 0.1) is 11.6 Å². The van der Waals surface area contributed by atoms with Gasteiger partial charge in [-0.3, -0.25) is 4.79 Å². The second kappa shape index (κ2) is 5.50. The second-order valence-corrected chi connectivity index (χ2v) is 6.37. The molecule has 0 amide bonds. The monoisotopic (exact) mass is 311 g/mol. The number of rotatable bonds is 2. The van der Waals surface area contributed by atoms with Crippen molar-refractivity contribution in [2.75, 3.05) is 0 Å². The zero-order valence-electron chi connectivity index (χ0n) is 13.0. The SMILES string of the molecule is Cc1cc(C)c(/C=N\n2c(C)nc3sccc3c2=O)c(C)c1. The lowest BCUT2D eigenvalue weighted by Gasteiger charge is -2.07. The van der Waals surface area contributed by atoms with Crippen molar-refractivity contribution in [3.05, 3.63) is 62.0 Å². The lowest BCUT2D eigenvalue weighted by molar-refractivity contribution is 0.772. The zero-order valence-corrected chi connectivity index (χ0v) is 13.9. The molecule has 0 atom stereocenters. The van der Waals surface area contributed by atoms with Gasteiger partial charge in [0.2, 0.25) is 0 Å². The van der Waals surface area contributed by atoms with Gasteiger partial charge in [-0.2, -0.15) is 9.78 Å². The summed E-state index contributed by atoms with van der Waals surface area (Å²) < 4.78 is 1.37. The summed E-state index contributed by atoms with van der Waals surface area (Å²) in [5.41, 5.74) is 4.44. The van der Waals surface area contributed by atoms with Gasteiger partial charge in [0, 0.05) is 5.56 Å². The van der Waals surface area contributed by atoms with E-state index in [1.54, 1.807) is 19.2 Å². The fraction of sp³-hybridized carbons (Fsp3) is 0.235. The molecule has 0 N–H and O–H groups in total. The maximum Gasteiger partial charge on any atom is 0.282 e. The van der Waals surface area contributed by atoms with E-state index in [0.29, 0.717) is 11.2 Å². The fourth-order valence-corrected chi connectivity index (χ4v) is 3.45. The van der Waals surface area contributed by atoms with E-state index in [1.807, 2.05) is 5.38 Å². The molecular formula is C17H17N3OS. The Morgan fingerprint density at radius 1 is 1.18 bits per heavy atom. The van der Waals surface area contributed by atoms with Crippen LogP contribution in [0.15, 0.2) is 33.5 Å². The summed E-state index contributed by atoms with van der Waals surface area (Å²) >= 11 is 1.47. The van der Waals surface area contributed by atoms with Crippen LogP contribution in [-0.4, -0.2) is 15.9 Å². The maximum absolute atomic E-state index is 12.5. The molecule has 4 nitrogen and oxygen atoms in total. The number of nitrogens with zero attached hydrogens (tertiary/aromatic N) is 3. The molecule has 0 unspecified atom stereocenters. The van der Waals surface area contributed by atoms with Crippen molar-refractivity contribution in [1.82, 2.24) is 9.66 Å². The fourth-order valence-electron chi connectivity index (χ4n) is 2.65. The Morgan fingerprint density at radius 2 is 1.86 bits per heavy atom. The third-order valence-corrected chi connectivity index (χ3v) is 4.48. The molecule has 0 spiro atoms. The lowest BCUT2D eigenvalue weighted by Crippen LogP contribution is -2.20. The minimum atomic E-state index is -0.123. The Bertz CT molecular complexity index is 927. The molecule has 2 heterocycles. The first-order valence-corrected chi connectivity index (χ1v) is 7.94. The van der Waals surface area contributed by atoms with Crippen molar-refractivity contribution in [1.29, 1.82) is 0 Å². The van der Waals surface area contributed by atoms with Crippen molar-refractivity contribution in [3.8, 4) is 0 Å². The molecule has 3 aromatic rings. The van der Waals surface area contributed by atoms with Crippen LogP contribution in [0, 0.1) is 27.7 Å². The topological polar surface area (TPSA) is 47.2 Å². The van der Waals surface area contributed by atoms with Crippen LogP contribution >= 0.6 is 11.3 Å². The zero-order chi connectivity index (χ0) is 15.9. The van der Waals surface area contributed by atoms with Gasteiger partial charge in [-0.15, -0.1) is 11.3 Å². The van der Waals surface area contributed by atoms with Crippen molar-refractivity contribution >= 4 is 27.8 Å². The van der Waals surface area contributed by atoms with Crippen LogP contribution < -0.4 is 5.56 Å². The molecule has 0 fully saturated rings. The Morgan fingerprint density at radius 3 is 2.55 bits per heavy atom. The van der Waals surface area contributed by atoms with Crippen LogP contribution in [0.25, 0.3) is 10.2 Å². The molecule has 2 aromatic heterocycles. The second-order valence-electron chi connectivity index (χ2n) is 5.47. The molecule has 0 aliphatic rings. The minimum absolute atomic E-state index is 0.123. The molecule has 112 valence electrons. The average molecular weight is 311 g/mol. The first-order chi connectivity index (χ1) is 10.5. The van der Waals surface area contributed by atoms with E-state index in [2.05, 4.69) is 43.0 Å². The Kier molecular flexibility index (Phi) is 3.66. The summed E-state index contributed by atoms with van der Waals surface area (Å²) in [5, 5.41) is 6.87. The summed E-state index contributed by atoms with van der Waals surface area (Å²) in [5.74, 6) is 0.596. The lowest BCUT2D eigenvalue weighted by atomic mass is 10.0. The smallest absolute Gasteiger partial charge is 0.267 e. The largest absolute Gasteiger partial charge is 0.282 e. The van der Waals surface area contributed by atoms with Gasteiger partial charge in [0.1, 0.15) is 10.7 Å². The molecular weight excluding hydrogens is 294 g/mol. The molecule has 0 radical (unpaired) electrons. The van der Waals surface area contributed by atoms with Crippen LogP contribution in [0.1, 0.15) is 28.1 Å². The molecule has 3 rings (SSSR count). The van der Waals surface area contributed by atoms with E-state index < -0.39 is 0 Å². The number of hydrogen-bond acceptors (Lipinski definition) is 4. The molecule has 22 heavy (non-hydrogen) atoms. The van der Waals surface area contributed by atoms with Gasteiger partial charge in [0.15, 0.2) is 0 Å². The van der Waals surface area contributed by atoms with E-state index in [0.717, 1.165) is 21.5 Å². The standard InChI is InChI=1S/C17H17N3OS/c1-10-7-11(2)15(12(3)8-10)9-18-20-13(4)19-16-14(17(20)21)5-6-22-16/h5-9H,1-4H3/b18-9-. The Balaban J connectivity index is 2.12. The highest BCUT2D eigenvalue weighted by molar-refractivity contribution is 7.16. The van der Waals surface area contributed by atoms with E-state index >= 15 is 0 Å². The van der Waals surface area contributed by atoms with Crippen LogP contribution in [0.2, 0.25) is 0 Å². The predicted octanol–water partition coefficient (Wildman–Crippen LogP) is 3.57. The third kappa shape index (κ3) is 2.48. The van der Waals surface area contributed by atoms with Crippen LogP contribution in [0.5, 0.6) is 0 Å². The molecule has 0 aliphatic heterocycles. The minimum Gasteiger partial charge on any atom is -0.267 e. The number of aryl methyl sites for hydroxylation is 4. The van der Waals surface area contributed by atoms with Crippen molar-refractivity contribution in [2.45, 2.75) is 27.7 Å². The molecule has 1 aromatic carbocycles.